The number of hydrogen-bond donors (Lipinski definition) is 1. The molecule has 6 nitrogen and oxygen atoms in total. The number of cyclic esters (lactones) is 1. The molecule has 0 spiro atoms. The van der Waals surface area contributed by atoms with Gasteiger partial charge in [-0.1, -0.05) is 32.0 Å². The first-order valence-electron chi connectivity index (χ1n) is 9.58. The Hall–Kier alpha value is -2.99. The van der Waals surface area contributed by atoms with Crippen molar-refractivity contribution >= 4 is 16.9 Å². The first-order chi connectivity index (χ1) is 13.5. The lowest BCUT2D eigenvalue weighted by molar-refractivity contribution is -0.178. The van der Waals surface area contributed by atoms with Crippen LogP contribution in [0, 0.1) is 0 Å². The molecule has 28 heavy (non-hydrogen) atoms. The van der Waals surface area contributed by atoms with Crippen LogP contribution in [-0.2, 0) is 21.7 Å². The molecule has 0 radical (unpaired) electrons. The second-order valence-electron chi connectivity index (χ2n) is 7.45. The normalized spacial score (nSPS) is 22.5. The van der Waals surface area contributed by atoms with Crippen LogP contribution in [0.25, 0.3) is 22.3 Å². The van der Waals surface area contributed by atoms with Crippen molar-refractivity contribution in [2.75, 3.05) is 0 Å². The van der Waals surface area contributed by atoms with Crippen molar-refractivity contribution in [2.24, 2.45) is 0 Å². The number of carbonyl (C=O) groups excluding carboxylic acids is 1. The van der Waals surface area contributed by atoms with Crippen LogP contribution >= 0.6 is 0 Å². The third-order valence-corrected chi connectivity index (χ3v) is 5.95. The summed E-state index contributed by atoms with van der Waals surface area (Å²) in [5, 5.41) is 12.1. The zero-order valence-corrected chi connectivity index (χ0v) is 15.7. The number of hydrogen-bond acceptors (Lipinski definition) is 5. The molecule has 0 saturated heterocycles. The number of ether oxygens (including phenoxy) is 1. The number of carbonyl (C=O) groups is 1. The highest BCUT2D eigenvalue weighted by atomic mass is 16.6. The van der Waals surface area contributed by atoms with Crippen molar-refractivity contribution in [1.29, 1.82) is 0 Å². The zero-order chi connectivity index (χ0) is 19.6. The van der Waals surface area contributed by atoms with E-state index in [9.17, 15) is 14.7 Å². The van der Waals surface area contributed by atoms with Crippen LogP contribution in [0.2, 0.25) is 0 Å². The Kier molecular flexibility index (Phi) is 3.52. The molecule has 1 N–H and O–H groups in total. The van der Waals surface area contributed by atoms with Crippen molar-refractivity contribution in [1.82, 2.24) is 9.55 Å². The number of pyridine rings is 2. The van der Waals surface area contributed by atoms with E-state index in [0.29, 0.717) is 29.8 Å². The lowest BCUT2D eigenvalue weighted by Crippen LogP contribution is -2.46. The van der Waals surface area contributed by atoms with Gasteiger partial charge in [-0.25, -0.2) is 9.78 Å². The Bertz CT molecular complexity index is 1210. The van der Waals surface area contributed by atoms with Crippen LogP contribution in [0.5, 0.6) is 0 Å². The zero-order valence-electron chi connectivity index (χ0n) is 15.7. The maximum atomic E-state index is 13.4. The summed E-state index contributed by atoms with van der Waals surface area (Å²) in [6.45, 7) is 3.99. The topological polar surface area (TPSA) is 81.4 Å². The molecule has 5 rings (SSSR count). The lowest BCUT2D eigenvalue weighted by Gasteiger charge is -2.35. The molecule has 1 aromatic carbocycles. The first-order valence-corrected chi connectivity index (χ1v) is 9.58. The van der Waals surface area contributed by atoms with Gasteiger partial charge in [0.15, 0.2) is 5.60 Å². The summed E-state index contributed by atoms with van der Waals surface area (Å²) in [6.07, 6.45) is -0.0337. The largest absolute Gasteiger partial charge is 0.455 e. The molecule has 1 unspecified atom stereocenters. The Morgan fingerprint density at radius 2 is 2.04 bits per heavy atom. The average Bonchev–Trinajstić information content (AvgIpc) is 3.07. The summed E-state index contributed by atoms with van der Waals surface area (Å²) in [7, 11) is 0. The standard InChI is InChI=1S/C22H20N2O4/c1-3-17-18-14(22(27,4-2)21(26)28-17)10-16-19-13(11-24(16)20(18)25)9-12-7-5-6-8-15(12)23-19/h5-10,17,27H,3-4,11H2,1-2H3/t17?,22-/m0/s1. The van der Waals surface area contributed by atoms with Crippen molar-refractivity contribution in [3.05, 3.63) is 63.4 Å². The SMILES string of the molecule is CCC1OC(=O)[C@](O)(CC)c2cc3n(c(=O)c21)Cc1cc2ccccc2nc1-3. The molecule has 3 aromatic rings. The number of para-hydroxylation sites is 1. The van der Waals surface area contributed by atoms with Crippen LogP contribution in [0.15, 0.2) is 41.2 Å². The number of aromatic nitrogens is 2. The van der Waals surface area contributed by atoms with E-state index in [1.807, 2.05) is 37.3 Å². The second kappa shape index (κ2) is 5.75. The van der Waals surface area contributed by atoms with Crippen molar-refractivity contribution in [3.63, 3.8) is 0 Å². The van der Waals surface area contributed by atoms with Gasteiger partial charge in [-0.3, -0.25) is 4.79 Å². The summed E-state index contributed by atoms with van der Waals surface area (Å²) in [5.74, 6) is -0.691. The van der Waals surface area contributed by atoms with Crippen LogP contribution in [0.3, 0.4) is 0 Å². The van der Waals surface area contributed by atoms with E-state index in [1.165, 1.54) is 0 Å². The second-order valence-corrected chi connectivity index (χ2v) is 7.45. The molecule has 142 valence electrons. The molecule has 4 heterocycles. The number of esters is 1. The summed E-state index contributed by atoms with van der Waals surface area (Å²) in [6, 6.07) is 11.6. The van der Waals surface area contributed by atoms with Gasteiger partial charge < -0.3 is 14.4 Å². The number of benzene rings is 1. The van der Waals surface area contributed by atoms with Crippen molar-refractivity contribution in [3.8, 4) is 11.4 Å². The van der Waals surface area contributed by atoms with Crippen LogP contribution in [0.4, 0.5) is 0 Å². The average molecular weight is 376 g/mol. The fraction of sp³-hybridized carbons (Fsp3) is 0.318. The summed E-state index contributed by atoms with van der Waals surface area (Å²) in [5.41, 5.74) is 1.88. The molecule has 0 fully saturated rings. The fourth-order valence-electron chi connectivity index (χ4n) is 4.36. The van der Waals surface area contributed by atoms with E-state index in [2.05, 4.69) is 0 Å². The molecular weight excluding hydrogens is 356 g/mol. The van der Waals surface area contributed by atoms with Gasteiger partial charge in [-0.15, -0.1) is 0 Å². The van der Waals surface area contributed by atoms with Crippen molar-refractivity contribution < 1.29 is 14.6 Å². The molecule has 2 aromatic heterocycles. The predicted molar refractivity (Wildman–Crippen MR) is 104 cm³/mol. The molecule has 0 saturated carbocycles. The van der Waals surface area contributed by atoms with E-state index in [4.69, 9.17) is 9.72 Å². The van der Waals surface area contributed by atoms with Gasteiger partial charge in [0.2, 0.25) is 0 Å². The van der Waals surface area contributed by atoms with Gasteiger partial charge >= 0.3 is 5.97 Å². The van der Waals surface area contributed by atoms with Gasteiger partial charge in [0.1, 0.15) is 6.10 Å². The van der Waals surface area contributed by atoms with Gasteiger partial charge in [-0.05, 0) is 31.0 Å². The van der Waals surface area contributed by atoms with Crippen LogP contribution < -0.4 is 5.56 Å². The summed E-state index contributed by atoms with van der Waals surface area (Å²) < 4.78 is 7.11. The molecule has 0 amide bonds. The van der Waals surface area contributed by atoms with Crippen LogP contribution in [0.1, 0.15) is 49.5 Å². The monoisotopic (exact) mass is 376 g/mol. The number of nitrogens with zero attached hydrogens (tertiary/aromatic N) is 2. The quantitative estimate of drug-likeness (QED) is 0.544. The minimum absolute atomic E-state index is 0.135. The molecule has 2 aliphatic rings. The first kappa shape index (κ1) is 17.1. The highest BCUT2D eigenvalue weighted by Gasteiger charge is 2.48. The summed E-state index contributed by atoms with van der Waals surface area (Å²) >= 11 is 0. The highest BCUT2D eigenvalue weighted by Crippen LogP contribution is 2.42. The van der Waals surface area contributed by atoms with Gasteiger partial charge in [0.25, 0.3) is 5.56 Å². The molecular formula is C22H20N2O4. The van der Waals surface area contributed by atoms with Gasteiger partial charge in [0.05, 0.1) is 29.0 Å². The van der Waals surface area contributed by atoms with Crippen molar-refractivity contribution in [2.45, 2.75) is 44.9 Å². The Balaban J connectivity index is 1.82. The number of fused-ring (bicyclic) bond motifs is 5. The molecule has 2 aliphatic heterocycles. The van der Waals surface area contributed by atoms with E-state index in [0.717, 1.165) is 22.2 Å². The lowest BCUT2D eigenvalue weighted by atomic mass is 9.83. The minimum atomic E-state index is -1.81. The summed E-state index contributed by atoms with van der Waals surface area (Å²) in [4.78, 5) is 30.7. The number of rotatable bonds is 2. The third kappa shape index (κ3) is 2.09. The maximum Gasteiger partial charge on any atom is 0.343 e. The molecule has 0 aliphatic carbocycles. The molecule has 6 heteroatoms. The van der Waals surface area contributed by atoms with E-state index in [-0.39, 0.29) is 12.0 Å². The van der Waals surface area contributed by atoms with Gasteiger partial charge in [0, 0.05) is 16.5 Å². The minimum Gasteiger partial charge on any atom is -0.455 e. The Labute approximate surface area is 161 Å². The smallest absolute Gasteiger partial charge is 0.343 e. The maximum absolute atomic E-state index is 13.4. The third-order valence-electron chi connectivity index (χ3n) is 5.95. The highest BCUT2D eigenvalue weighted by molar-refractivity contribution is 5.86. The van der Waals surface area contributed by atoms with E-state index in [1.54, 1.807) is 17.6 Å². The number of aliphatic hydroxyl groups is 1. The van der Waals surface area contributed by atoms with Crippen LogP contribution in [-0.4, -0.2) is 20.6 Å². The van der Waals surface area contributed by atoms with Gasteiger partial charge in [-0.2, -0.15) is 0 Å². The predicted octanol–water partition coefficient (Wildman–Crippen LogP) is 3.03. The van der Waals surface area contributed by atoms with E-state index >= 15 is 0 Å². The molecule has 0 bridgehead atoms. The van der Waals surface area contributed by atoms with E-state index < -0.39 is 17.7 Å². The Morgan fingerprint density at radius 3 is 2.79 bits per heavy atom. The Morgan fingerprint density at radius 1 is 1.25 bits per heavy atom. The fourth-order valence-corrected chi connectivity index (χ4v) is 4.36. The molecule has 2 atom stereocenters.